The van der Waals surface area contributed by atoms with Gasteiger partial charge in [-0.2, -0.15) is 4.98 Å². The van der Waals surface area contributed by atoms with Gasteiger partial charge in [0.15, 0.2) is 5.82 Å². The van der Waals surface area contributed by atoms with Crippen LogP contribution in [0.15, 0.2) is 41.1 Å². The maximum atomic E-state index is 4.99. The third kappa shape index (κ3) is 4.12. The Morgan fingerprint density at radius 2 is 1.76 bits per heavy atom. The Balaban J connectivity index is 1.71. The van der Waals surface area contributed by atoms with E-state index in [0.717, 1.165) is 16.9 Å². The van der Waals surface area contributed by atoms with Crippen molar-refractivity contribution in [2.75, 3.05) is 37.5 Å². The lowest BCUT2D eigenvalue weighted by molar-refractivity contribution is 0.387. The zero-order valence-electron chi connectivity index (χ0n) is 15.0. The Morgan fingerprint density at radius 1 is 1.00 bits per heavy atom. The molecule has 0 aliphatic rings. The molecule has 7 nitrogen and oxygen atoms in total. The third-order valence-electron chi connectivity index (χ3n) is 3.90. The summed E-state index contributed by atoms with van der Waals surface area (Å²) in [4.78, 5) is 17.3. The first-order valence-electron chi connectivity index (χ1n) is 8.14. The highest BCUT2D eigenvalue weighted by molar-refractivity contribution is 5.63. The number of aromatic nitrogens is 4. The minimum Gasteiger partial charge on any atom is -0.378 e. The molecule has 2 aromatic heterocycles. The molecule has 0 saturated heterocycles. The lowest BCUT2D eigenvalue weighted by Crippen LogP contribution is -2.23. The molecule has 2 heterocycles. The van der Waals surface area contributed by atoms with E-state index in [0.29, 0.717) is 30.6 Å². The molecule has 7 heteroatoms. The van der Waals surface area contributed by atoms with Crippen molar-refractivity contribution in [3.8, 4) is 11.3 Å². The molecule has 0 fully saturated rings. The summed E-state index contributed by atoms with van der Waals surface area (Å²) in [5.74, 6) is 1.95. The second kappa shape index (κ2) is 7.29. The molecule has 130 valence electrons. The van der Waals surface area contributed by atoms with Gasteiger partial charge in [-0.25, -0.2) is 9.97 Å². The van der Waals surface area contributed by atoms with Gasteiger partial charge in [0.05, 0.1) is 5.69 Å². The fourth-order valence-corrected chi connectivity index (χ4v) is 2.43. The molecule has 25 heavy (non-hydrogen) atoms. The number of anilines is 2. The summed E-state index contributed by atoms with van der Waals surface area (Å²) in [6, 6.07) is 10.2. The summed E-state index contributed by atoms with van der Waals surface area (Å²) < 4.78 is 4.99. The van der Waals surface area contributed by atoms with Crippen LogP contribution in [-0.2, 0) is 6.42 Å². The van der Waals surface area contributed by atoms with Crippen molar-refractivity contribution < 1.29 is 4.52 Å². The minimum absolute atomic E-state index is 0.581. The number of rotatable bonds is 6. The number of benzene rings is 1. The quantitative estimate of drug-likeness (QED) is 0.684. The van der Waals surface area contributed by atoms with Crippen molar-refractivity contribution in [3.63, 3.8) is 0 Å². The predicted molar refractivity (Wildman–Crippen MR) is 97.8 cm³/mol. The van der Waals surface area contributed by atoms with Gasteiger partial charge in [-0.3, -0.25) is 0 Å². The number of aryl methyl sites for hydroxylation is 1. The SMILES string of the molecule is Cc1nc(CCN(C)c2nccc(-c3ccc(N(C)C)cc3)n2)no1. The molecule has 0 unspecified atom stereocenters. The highest BCUT2D eigenvalue weighted by Crippen LogP contribution is 2.22. The number of likely N-dealkylation sites (N-methyl/N-ethyl adjacent to an activating group) is 1. The number of hydrogen-bond donors (Lipinski definition) is 0. The molecule has 0 aliphatic heterocycles. The summed E-state index contributed by atoms with van der Waals surface area (Å²) in [6.07, 6.45) is 2.46. The van der Waals surface area contributed by atoms with E-state index in [4.69, 9.17) is 4.52 Å². The molecule has 3 rings (SSSR count). The molecule has 0 radical (unpaired) electrons. The molecule has 0 amide bonds. The maximum absolute atomic E-state index is 4.99. The van der Waals surface area contributed by atoms with Gasteiger partial charge in [-0.05, 0) is 18.2 Å². The average molecular weight is 338 g/mol. The van der Waals surface area contributed by atoms with Crippen molar-refractivity contribution in [2.24, 2.45) is 0 Å². The van der Waals surface area contributed by atoms with Crippen LogP contribution in [0.5, 0.6) is 0 Å². The molecule has 0 spiro atoms. The summed E-state index contributed by atoms with van der Waals surface area (Å²) in [6.45, 7) is 2.50. The third-order valence-corrected chi connectivity index (χ3v) is 3.90. The predicted octanol–water partition coefficient (Wildman–Crippen LogP) is 2.58. The summed E-state index contributed by atoms with van der Waals surface area (Å²) >= 11 is 0. The Morgan fingerprint density at radius 3 is 2.40 bits per heavy atom. The van der Waals surface area contributed by atoms with Gasteiger partial charge < -0.3 is 14.3 Å². The van der Waals surface area contributed by atoms with E-state index in [2.05, 4.69) is 49.3 Å². The van der Waals surface area contributed by atoms with Crippen LogP contribution in [0.1, 0.15) is 11.7 Å². The molecule has 1 aromatic carbocycles. The van der Waals surface area contributed by atoms with Crippen LogP contribution >= 0.6 is 0 Å². The van der Waals surface area contributed by atoms with Crippen molar-refractivity contribution in [2.45, 2.75) is 13.3 Å². The molecule has 0 atom stereocenters. The number of nitrogens with zero attached hydrogens (tertiary/aromatic N) is 6. The van der Waals surface area contributed by atoms with Crippen molar-refractivity contribution in [1.29, 1.82) is 0 Å². The normalized spacial score (nSPS) is 10.7. The maximum Gasteiger partial charge on any atom is 0.225 e. The Kier molecular flexibility index (Phi) is 4.92. The standard InChI is InChI=1S/C18H22N6O/c1-13-20-17(22-25-13)10-12-24(4)18-19-11-9-16(21-18)14-5-7-15(8-6-14)23(2)3/h5-9,11H,10,12H2,1-4H3. The minimum atomic E-state index is 0.581. The van der Waals surface area contributed by atoms with Gasteiger partial charge in [0.25, 0.3) is 0 Å². The van der Waals surface area contributed by atoms with E-state index >= 15 is 0 Å². The van der Waals surface area contributed by atoms with Gasteiger partial charge in [0.2, 0.25) is 11.8 Å². The topological polar surface area (TPSA) is 71.2 Å². The highest BCUT2D eigenvalue weighted by Gasteiger charge is 2.09. The van der Waals surface area contributed by atoms with Gasteiger partial charge in [0.1, 0.15) is 0 Å². The van der Waals surface area contributed by atoms with Crippen LogP contribution in [0, 0.1) is 6.92 Å². The molecule has 0 bridgehead atoms. The molecule has 0 aliphatic carbocycles. The van der Waals surface area contributed by atoms with Crippen molar-refractivity contribution in [1.82, 2.24) is 20.1 Å². The average Bonchev–Trinajstić information content (AvgIpc) is 3.05. The van der Waals surface area contributed by atoms with Crippen LogP contribution < -0.4 is 9.80 Å². The number of hydrogen-bond acceptors (Lipinski definition) is 7. The monoisotopic (exact) mass is 338 g/mol. The van der Waals surface area contributed by atoms with Crippen LogP contribution in [0.2, 0.25) is 0 Å². The van der Waals surface area contributed by atoms with E-state index < -0.39 is 0 Å². The zero-order valence-corrected chi connectivity index (χ0v) is 15.0. The van der Waals surface area contributed by atoms with E-state index in [9.17, 15) is 0 Å². The van der Waals surface area contributed by atoms with Gasteiger partial charge in [0, 0.05) is 58.5 Å². The van der Waals surface area contributed by atoms with Gasteiger partial charge in [-0.1, -0.05) is 17.3 Å². The first kappa shape index (κ1) is 16.9. The molecular formula is C18H22N6O. The molecule has 0 N–H and O–H groups in total. The van der Waals surface area contributed by atoms with E-state index in [1.54, 1.807) is 13.1 Å². The van der Waals surface area contributed by atoms with Crippen LogP contribution in [0.4, 0.5) is 11.6 Å². The van der Waals surface area contributed by atoms with E-state index in [1.807, 2.05) is 32.1 Å². The van der Waals surface area contributed by atoms with Crippen molar-refractivity contribution >= 4 is 11.6 Å². The zero-order chi connectivity index (χ0) is 17.8. The lowest BCUT2D eigenvalue weighted by Gasteiger charge is -2.17. The van der Waals surface area contributed by atoms with Crippen LogP contribution in [-0.4, -0.2) is 47.8 Å². The molecule has 3 aromatic rings. The van der Waals surface area contributed by atoms with Crippen LogP contribution in [0.25, 0.3) is 11.3 Å². The Bertz CT molecular complexity index is 828. The second-order valence-electron chi connectivity index (χ2n) is 6.08. The highest BCUT2D eigenvalue weighted by atomic mass is 16.5. The molecular weight excluding hydrogens is 316 g/mol. The first-order valence-corrected chi connectivity index (χ1v) is 8.14. The fraction of sp³-hybridized carbons (Fsp3) is 0.333. The van der Waals surface area contributed by atoms with Gasteiger partial charge >= 0.3 is 0 Å². The Hall–Kier alpha value is -2.96. The smallest absolute Gasteiger partial charge is 0.225 e. The first-order chi connectivity index (χ1) is 12.0. The fourth-order valence-electron chi connectivity index (χ4n) is 2.43. The van der Waals surface area contributed by atoms with Crippen molar-refractivity contribution in [3.05, 3.63) is 48.2 Å². The lowest BCUT2D eigenvalue weighted by atomic mass is 10.1. The summed E-state index contributed by atoms with van der Waals surface area (Å²) in [5.41, 5.74) is 3.12. The second-order valence-corrected chi connectivity index (χ2v) is 6.08. The summed E-state index contributed by atoms with van der Waals surface area (Å²) in [7, 11) is 6.01. The van der Waals surface area contributed by atoms with E-state index in [-0.39, 0.29) is 0 Å². The summed E-state index contributed by atoms with van der Waals surface area (Å²) in [5, 5.41) is 3.91. The van der Waals surface area contributed by atoms with Crippen LogP contribution in [0.3, 0.4) is 0 Å². The van der Waals surface area contributed by atoms with Gasteiger partial charge in [-0.15, -0.1) is 0 Å². The molecule has 0 saturated carbocycles. The van der Waals surface area contributed by atoms with E-state index in [1.165, 1.54) is 0 Å². The largest absolute Gasteiger partial charge is 0.378 e. The Labute approximate surface area is 147 Å².